The number of carbonyl (C=O) groups excluding carboxylic acids is 3. The Hall–Kier alpha value is -2.74. The van der Waals surface area contributed by atoms with Crippen molar-refractivity contribution in [2.45, 2.75) is 33.4 Å². The van der Waals surface area contributed by atoms with E-state index in [1.165, 1.54) is 0 Å². The summed E-state index contributed by atoms with van der Waals surface area (Å²) in [5, 5.41) is 4.54. The van der Waals surface area contributed by atoms with Gasteiger partial charge in [-0.25, -0.2) is 14.6 Å². The van der Waals surface area contributed by atoms with Crippen LogP contribution in [-0.2, 0) is 20.9 Å². The van der Waals surface area contributed by atoms with Gasteiger partial charge in [-0.2, -0.15) is 0 Å². The minimum atomic E-state index is -0.791. The number of amides is 1. The zero-order chi connectivity index (χ0) is 19.8. The van der Waals surface area contributed by atoms with Crippen molar-refractivity contribution in [1.29, 1.82) is 0 Å². The van der Waals surface area contributed by atoms with Crippen LogP contribution in [0.2, 0.25) is 0 Å². The van der Waals surface area contributed by atoms with E-state index in [9.17, 15) is 14.4 Å². The molecule has 0 saturated heterocycles. The van der Waals surface area contributed by atoms with Crippen LogP contribution >= 0.6 is 11.3 Å². The average Bonchev–Trinajstić information content (AvgIpc) is 3.14. The van der Waals surface area contributed by atoms with Gasteiger partial charge in [0.05, 0.1) is 12.3 Å². The molecule has 1 heterocycles. The molecule has 1 aromatic carbocycles. The van der Waals surface area contributed by atoms with Crippen molar-refractivity contribution in [1.82, 2.24) is 10.3 Å². The Kier molecular flexibility index (Phi) is 7.48. The van der Waals surface area contributed by atoms with Gasteiger partial charge in [-0.05, 0) is 25.0 Å². The van der Waals surface area contributed by atoms with Crippen LogP contribution in [0.15, 0.2) is 35.7 Å². The number of thiazole rings is 1. The van der Waals surface area contributed by atoms with E-state index in [4.69, 9.17) is 9.47 Å². The molecule has 0 fully saturated rings. The lowest BCUT2D eigenvalue weighted by molar-refractivity contribution is -0.148. The van der Waals surface area contributed by atoms with Gasteiger partial charge in [-0.3, -0.25) is 4.79 Å². The zero-order valence-corrected chi connectivity index (χ0v) is 16.2. The predicted octanol–water partition coefficient (Wildman–Crippen LogP) is 2.82. The Bertz CT molecular complexity index is 788. The normalized spacial score (nSPS) is 11.7. The quantitative estimate of drug-likeness (QED) is 0.697. The fourth-order valence-corrected chi connectivity index (χ4v) is 2.90. The predicted molar refractivity (Wildman–Crippen MR) is 100 cm³/mol. The van der Waals surface area contributed by atoms with Crippen LogP contribution < -0.4 is 5.32 Å². The number of carbonyl (C=O) groups is 3. The lowest BCUT2D eigenvalue weighted by atomic mass is 10.0. The Labute approximate surface area is 161 Å². The number of hydrogen-bond donors (Lipinski definition) is 1. The molecule has 7 nitrogen and oxygen atoms in total. The summed E-state index contributed by atoms with van der Waals surface area (Å²) in [6.45, 7) is 5.53. The van der Waals surface area contributed by atoms with Crippen molar-refractivity contribution in [3.8, 4) is 0 Å². The van der Waals surface area contributed by atoms with Gasteiger partial charge in [0.15, 0.2) is 0 Å². The molecular formula is C19H22N2O5S. The summed E-state index contributed by atoms with van der Waals surface area (Å²) in [5.41, 5.74) is 0.919. The van der Waals surface area contributed by atoms with Gasteiger partial charge in [0, 0.05) is 10.9 Å². The van der Waals surface area contributed by atoms with Gasteiger partial charge >= 0.3 is 11.9 Å². The molecule has 0 bridgehead atoms. The van der Waals surface area contributed by atoms with E-state index < -0.39 is 18.0 Å². The molecule has 1 amide bonds. The van der Waals surface area contributed by atoms with Gasteiger partial charge in [0.25, 0.3) is 5.91 Å². The number of benzene rings is 1. The topological polar surface area (TPSA) is 94.6 Å². The van der Waals surface area contributed by atoms with Crippen LogP contribution in [0.5, 0.6) is 0 Å². The molecule has 0 aliphatic carbocycles. The number of aromatic nitrogens is 1. The summed E-state index contributed by atoms with van der Waals surface area (Å²) in [6.07, 6.45) is 0. The molecule has 2 rings (SSSR count). The highest BCUT2D eigenvalue weighted by Gasteiger charge is 2.26. The molecule has 0 spiro atoms. The zero-order valence-electron chi connectivity index (χ0n) is 15.4. The van der Waals surface area contributed by atoms with Crippen LogP contribution in [0.25, 0.3) is 0 Å². The number of rotatable bonds is 8. The van der Waals surface area contributed by atoms with E-state index in [-0.39, 0.29) is 30.0 Å². The van der Waals surface area contributed by atoms with E-state index >= 15 is 0 Å². The smallest absolute Gasteiger partial charge is 0.367 e. The summed E-state index contributed by atoms with van der Waals surface area (Å²) in [4.78, 5) is 40.4. The van der Waals surface area contributed by atoms with Crippen LogP contribution in [0.1, 0.15) is 46.6 Å². The third-order valence-electron chi connectivity index (χ3n) is 3.61. The molecule has 0 aliphatic rings. The van der Waals surface area contributed by atoms with Crippen LogP contribution in [0.4, 0.5) is 0 Å². The molecular weight excluding hydrogens is 368 g/mol. The maximum atomic E-state index is 12.4. The maximum Gasteiger partial charge on any atom is 0.367 e. The Morgan fingerprint density at radius 2 is 1.85 bits per heavy atom. The van der Waals surface area contributed by atoms with Crippen molar-refractivity contribution in [2.24, 2.45) is 5.92 Å². The second kappa shape index (κ2) is 9.82. The lowest BCUT2D eigenvalue weighted by Crippen LogP contribution is -2.45. The molecule has 2 aromatic rings. The van der Waals surface area contributed by atoms with Crippen molar-refractivity contribution < 1.29 is 23.9 Å². The third-order valence-corrected chi connectivity index (χ3v) is 4.48. The van der Waals surface area contributed by atoms with Gasteiger partial charge in [-0.1, -0.05) is 32.0 Å². The third kappa shape index (κ3) is 5.89. The molecule has 0 aliphatic heterocycles. The Morgan fingerprint density at radius 3 is 2.48 bits per heavy atom. The summed E-state index contributed by atoms with van der Waals surface area (Å²) in [6, 6.07) is 7.86. The molecule has 144 valence electrons. The number of hydrogen-bond acceptors (Lipinski definition) is 7. The largest absolute Gasteiger partial charge is 0.461 e. The van der Waals surface area contributed by atoms with Crippen LogP contribution in [-0.4, -0.2) is 35.5 Å². The van der Waals surface area contributed by atoms with Crippen LogP contribution in [0.3, 0.4) is 0 Å². The second-order valence-corrected chi connectivity index (χ2v) is 6.89. The molecule has 1 atom stereocenters. The molecule has 0 saturated carbocycles. The fraction of sp³-hybridized carbons (Fsp3) is 0.368. The first kappa shape index (κ1) is 20.6. The van der Waals surface area contributed by atoms with Crippen molar-refractivity contribution in [2.75, 3.05) is 6.61 Å². The van der Waals surface area contributed by atoms with E-state index in [0.29, 0.717) is 11.3 Å². The van der Waals surface area contributed by atoms with Crippen LogP contribution in [0, 0.1) is 5.92 Å². The minimum absolute atomic E-state index is 0.0842. The summed E-state index contributed by atoms with van der Waals surface area (Å²) in [5.74, 6) is -1.56. The van der Waals surface area contributed by atoms with Gasteiger partial charge < -0.3 is 14.8 Å². The van der Waals surface area contributed by atoms with Crippen molar-refractivity contribution >= 4 is 29.2 Å². The molecule has 1 aromatic heterocycles. The first-order valence-electron chi connectivity index (χ1n) is 8.56. The second-order valence-electron chi connectivity index (χ2n) is 6.03. The van der Waals surface area contributed by atoms with Gasteiger partial charge in [0.2, 0.25) is 5.01 Å². The van der Waals surface area contributed by atoms with Crippen molar-refractivity contribution in [3.05, 3.63) is 52.0 Å². The van der Waals surface area contributed by atoms with Gasteiger partial charge in [-0.15, -0.1) is 11.3 Å². The lowest BCUT2D eigenvalue weighted by Gasteiger charge is -2.20. The minimum Gasteiger partial charge on any atom is -0.461 e. The number of esters is 2. The highest BCUT2D eigenvalue weighted by Crippen LogP contribution is 2.13. The molecule has 8 heteroatoms. The molecule has 0 unspecified atom stereocenters. The number of nitrogens with one attached hydrogen (secondary N) is 1. The van der Waals surface area contributed by atoms with E-state index in [2.05, 4.69) is 10.3 Å². The maximum absolute atomic E-state index is 12.4. The first-order chi connectivity index (χ1) is 12.9. The summed E-state index contributed by atoms with van der Waals surface area (Å²) >= 11 is 1.13. The first-order valence-corrected chi connectivity index (χ1v) is 9.44. The summed E-state index contributed by atoms with van der Waals surface area (Å²) < 4.78 is 10.2. The highest BCUT2D eigenvalue weighted by atomic mass is 32.1. The van der Waals surface area contributed by atoms with E-state index in [1.54, 1.807) is 36.6 Å². The SMILES string of the molecule is CCOC(=O)c1nc(COC(=O)[C@@H](NC(=O)c2ccccc2)C(C)C)cs1. The summed E-state index contributed by atoms with van der Waals surface area (Å²) in [7, 11) is 0. The fourth-order valence-electron chi connectivity index (χ4n) is 2.21. The standard InChI is InChI=1S/C19H22N2O5S/c1-4-25-19(24)17-20-14(11-27-17)10-26-18(23)15(12(2)3)21-16(22)13-8-6-5-7-9-13/h5-9,11-12,15H,4,10H2,1-3H3,(H,21,22)/t15-/m0/s1. The number of ether oxygens (including phenoxy) is 2. The van der Waals surface area contributed by atoms with E-state index in [1.807, 2.05) is 19.9 Å². The Morgan fingerprint density at radius 1 is 1.15 bits per heavy atom. The van der Waals surface area contributed by atoms with Gasteiger partial charge in [0.1, 0.15) is 12.6 Å². The Balaban J connectivity index is 1.95. The van der Waals surface area contributed by atoms with E-state index in [0.717, 1.165) is 11.3 Å². The highest BCUT2D eigenvalue weighted by molar-refractivity contribution is 7.11. The monoisotopic (exact) mass is 390 g/mol. The molecule has 1 N–H and O–H groups in total. The van der Waals surface area contributed by atoms with Crippen molar-refractivity contribution in [3.63, 3.8) is 0 Å². The number of nitrogens with zero attached hydrogens (tertiary/aromatic N) is 1. The average molecular weight is 390 g/mol. The molecule has 0 radical (unpaired) electrons. The molecule has 27 heavy (non-hydrogen) atoms.